The van der Waals surface area contributed by atoms with Crippen LogP contribution >= 0.6 is 0 Å². The van der Waals surface area contributed by atoms with Gasteiger partial charge < -0.3 is 24.3 Å². The fraction of sp³-hybridized carbons (Fsp3) is 0.424. The Labute approximate surface area is 256 Å². The predicted octanol–water partition coefficient (Wildman–Crippen LogP) is 5.16. The summed E-state index contributed by atoms with van der Waals surface area (Å²) < 4.78 is 13.5. The lowest BCUT2D eigenvalue weighted by molar-refractivity contribution is 0.0248. The number of nitrogens with zero attached hydrogens (tertiary/aromatic N) is 6. The van der Waals surface area contributed by atoms with E-state index in [1.165, 1.54) is 5.56 Å². The number of hydrogen-bond acceptors (Lipinski definition) is 9. The van der Waals surface area contributed by atoms with Crippen LogP contribution in [0.4, 0.5) is 16.3 Å². The van der Waals surface area contributed by atoms with Crippen molar-refractivity contribution in [1.29, 1.82) is 0 Å². The van der Waals surface area contributed by atoms with E-state index in [-0.39, 0.29) is 18.1 Å². The van der Waals surface area contributed by atoms with Crippen LogP contribution in [-0.4, -0.2) is 73.7 Å². The SMILES string of the molecule is CN(C)Cc1nc(Nc2cnc(-c3ccnc4c3ccn4C)c3c2C(=O)N(C(=O)OC(C)(C)C)C3)ccc1[C@]12CCOC1C2. The van der Waals surface area contributed by atoms with Crippen molar-refractivity contribution in [2.24, 2.45) is 7.05 Å². The molecule has 1 saturated heterocycles. The van der Waals surface area contributed by atoms with Crippen LogP contribution in [0.1, 0.15) is 60.8 Å². The van der Waals surface area contributed by atoms with Crippen LogP contribution in [0.3, 0.4) is 0 Å². The topological polar surface area (TPSA) is 115 Å². The van der Waals surface area contributed by atoms with Gasteiger partial charge in [0.25, 0.3) is 5.91 Å². The number of carbonyl (C=O) groups excluding carboxylic acids is 2. The summed E-state index contributed by atoms with van der Waals surface area (Å²) in [6.07, 6.45) is 6.94. The molecule has 0 bridgehead atoms. The van der Waals surface area contributed by atoms with Crippen LogP contribution in [0.5, 0.6) is 0 Å². The summed E-state index contributed by atoms with van der Waals surface area (Å²) in [6, 6.07) is 7.97. The van der Waals surface area contributed by atoms with Gasteiger partial charge in [-0.2, -0.15) is 0 Å². The number of hydrogen-bond donors (Lipinski definition) is 1. The smallest absolute Gasteiger partial charge is 0.417 e. The molecule has 2 amide bonds. The minimum Gasteiger partial charge on any atom is -0.443 e. The maximum Gasteiger partial charge on any atom is 0.417 e. The number of imide groups is 1. The van der Waals surface area contributed by atoms with Crippen LogP contribution in [0.25, 0.3) is 22.3 Å². The van der Waals surface area contributed by atoms with E-state index in [0.29, 0.717) is 34.9 Å². The molecule has 1 aliphatic carbocycles. The van der Waals surface area contributed by atoms with Crippen LogP contribution < -0.4 is 5.32 Å². The van der Waals surface area contributed by atoms with Gasteiger partial charge in [-0.15, -0.1) is 0 Å². The molecule has 1 N–H and O–H groups in total. The molecule has 0 radical (unpaired) electrons. The first kappa shape index (κ1) is 28.4. The van der Waals surface area contributed by atoms with Gasteiger partial charge in [0, 0.05) is 54.5 Å². The molecule has 1 saturated carbocycles. The van der Waals surface area contributed by atoms with Crippen molar-refractivity contribution in [3.05, 3.63) is 65.2 Å². The number of pyridine rings is 3. The fourth-order valence-electron chi connectivity index (χ4n) is 6.62. The molecule has 2 fully saturated rings. The lowest BCUT2D eigenvalue weighted by Gasteiger charge is -2.23. The average Bonchev–Trinajstić information content (AvgIpc) is 3.22. The standard InChI is InChI=1S/C33H37N7O4/c1-32(2,3)44-31(42)40-17-21-27(30(40)41)23(16-35-28(21)19-9-12-34-29-20(19)10-13-39(29)6)36-26-8-7-22(24(37-26)18-38(4)5)33-11-14-43-25(33)15-33/h7-10,12-13,16,25H,11,14-15,17-18H2,1-6H3,(H,36,37)/t25?,33-/m1/s1. The van der Waals surface area contributed by atoms with Crippen LogP contribution in [0, 0.1) is 0 Å². The van der Waals surface area contributed by atoms with E-state index < -0.39 is 17.6 Å². The second-order valence-electron chi connectivity index (χ2n) is 13.3. The van der Waals surface area contributed by atoms with Gasteiger partial charge in [0.1, 0.15) is 17.1 Å². The zero-order valence-corrected chi connectivity index (χ0v) is 26.0. The lowest BCUT2D eigenvalue weighted by Crippen LogP contribution is -2.37. The lowest BCUT2D eigenvalue weighted by atomic mass is 9.91. The predicted molar refractivity (Wildman–Crippen MR) is 166 cm³/mol. The number of fused-ring (bicyclic) bond motifs is 3. The highest BCUT2D eigenvalue weighted by atomic mass is 16.6. The Morgan fingerprint density at radius 1 is 1.20 bits per heavy atom. The normalized spacial score (nSPS) is 20.8. The highest BCUT2D eigenvalue weighted by molar-refractivity contribution is 6.12. The van der Waals surface area contributed by atoms with Crippen molar-refractivity contribution in [2.75, 3.05) is 26.0 Å². The van der Waals surface area contributed by atoms with E-state index in [1.807, 2.05) is 50.1 Å². The zero-order valence-electron chi connectivity index (χ0n) is 26.0. The first-order chi connectivity index (χ1) is 20.9. The quantitative estimate of drug-likeness (QED) is 0.323. The number of anilines is 2. The molecule has 44 heavy (non-hydrogen) atoms. The van der Waals surface area contributed by atoms with E-state index >= 15 is 0 Å². The third-order valence-corrected chi connectivity index (χ3v) is 8.70. The van der Waals surface area contributed by atoms with Gasteiger partial charge in [0.2, 0.25) is 0 Å². The Hall–Kier alpha value is -4.35. The zero-order chi connectivity index (χ0) is 31.0. The van der Waals surface area contributed by atoms with E-state index in [2.05, 4.69) is 21.3 Å². The first-order valence-corrected chi connectivity index (χ1v) is 15.0. The molecule has 2 aliphatic heterocycles. The monoisotopic (exact) mass is 595 g/mol. The number of ether oxygens (including phenoxy) is 2. The number of amides is 2. The summed E-state index contributed by atoms with van der Waals surface area (Å²) in [7, 11) is 5.99. The summed E-state index contributed by atoms with van der Waals surface area (Å²) in [6.45, 7) is 6.84. The van der Waals surface area contributed by atoms with Gasteiger partial charge in [-0.1, -0.05) is 6.07 Å². The third-order valence-electron chi connectivity index (χ3n) is 8.70. The van der Waals surface area contributed by atoms with Crippen LogP contribution in [0.15, 0.2) is 42.9 Å². The van der Waals surface area contributed by atoms with Crippen LogP contribution in [-0.2, 0) is 35.0 Å². The number of nitrogens with one attached hydrogen (secondary N) is 1. The molecule has 3 aliphatic rings. The second-order valence-corrected chi connectivity index (χ2v) is 13.3. The van der Waals surface area contributed by atoms with Crippen molar-refractivity contribution >= 4 is 34.5 Å². The van der Waals surface area contributed by atoms with Gasteiger partial charge >= 0.3 is 6.09 Å². The largest absolute Gasteiger partial charge is 0.443 e. The number of carbonyl (C=O) groups is 2. The summed E-state index contributed by atoms with van der Waals surface area (Å²) >= 11 is 0. The highest BCUT2D eigenvalue weighted by Gasteiger charge is 2.60. The Morgan fingerprint density at radius 3 is 2.73 bits per heavy atom. The molecule has 11 heteroatoms. The molecular formula is C33H37N7O4. The molecule has 11 nitrogen and oxygen atoms in total. The third kappa shape index (κ3) is 4.71. The van der Waals surface area contributed by atoms with Gasteiger partial charge in [0.05, 0.1) is 41.5 Å². The molecule has 6 heterocycles. The van der Waals surface area contributed by atoms with Crippen molar-refractivity contribution in [2.45, 2.75) is 63.8 Å². The molecule has 228 valence electrons. The van der Waals surface area contributed by atoms with Crippen molar-refractivity contribution < 1.29 is 19.1 Å². The van der Waals surface area contributed by atoms with Crippen LogP contribution in [0.2, 0.25) is 0 Å². The second kappa shape index (κ2) is 10.1. The summed E-state index contributed by atoms with van der Waals surface area (Å²) in [4.78, 5) is 44.9. The van der Waals surface area contributed by atoms with Gasteiger partial charge in [0.15, 0.2) is 0 Å². The highest BCUT2D eigenvalue weighted by Crippen LogP contribution is 2.58. The molecule has 7 rings (SSSR count). The van der Waals surface area contributed by atoms with E-state index in [1.54, 1.807) is 33.2 Å². The number of aryl methyl sites for hydroxylation is 1. The Kier molecular flexibility index (Phi) is 6.52. The molecule has 0 spiro atoms. The van der Waals surface area contributed by atoms with E-state index in [4.69, 9.17) is 19.4 Å². The first-order valence-electron chi connectivity index (χ1n) is 15.0. The summed E-state index contributed by atoms with van der Waals surface area (Å²) in [5.74, 6) is 0.166. The molecule has 2 atom stereocenters. The van der Waals surface area contributed by atoms with Crippen molar-refractivity contribution in [3.63, 3.8) is 0 Å². The van der Waals surface area contributed by atoms with Gasteiger partial charge in [-0.3, -0.25) is 9.78 Å². The summed E-state index contributed by atoms with van der Waals surface area (Å²) in [5, 5.41) is 4.29. The number of aromatic nitrogens is 4. The summed E-state index contributed by atoms with van der Waals surface area (Å²) in [5.41, 5.74) is 5.30. The molecule has 1 unspecified atom stereocenters. The Balaban J connectivity index is 1.31. The maximum atomic E-state index is 14.0. The number of rotatable bonds is 6. The molecule has 0 aromatic carbocycles. The van der Waals surface area contributed by atoms with Crippen molar-refractivity contribution in [3.8, 4) is 11.3 Å². The maximum absolute atomic E-state index is 14.0. The average molecular weight is 596 g/mol. The minimum absolute atomic E-state index is 0.0414. The van der Waals surface area contributed by atoms with Crippen molar-refractivity contribution in [1.82, 2.24) is 29.3 Å². The Morgan fingerprint density at radius 2 is 2.02 bits per heavy atom. The minimum atomic E-state index is -0.755. The molecule has 4 aromatic heterocycles. The Bertz CT molecular complexity index is 1820. The van der Waals surface area contributed by atoms with E-state index in [0.717, 1.165) is 46.6 Å². The fourth-order valence-corrected chi connectivity index (χ4v) is 6.62. The van der Waals surface area contributed by atoms with E-state index in [9.17, 15) is 9.59 Å². The van der Waals surface area contributed by atoms with Gasteiger partial charge in [-0.05, 0) is 71.5 Å². The molecule has 4 aromatic rings. The molecular weight excluding hydrogens is 558 g/mol. The van der Waals surface area contributed by atoms with Gasteiger partial charge in [-0.25, -0.2) is 19.7 Å².